The zero-order valence-corrected chi connectivity index (χ0v) is 12.4. The molecule has 0 aliphatic rings. The highest BCUT2D eigenvalue weighted by Crippen LogP contribution is 2.35. The van der Waals surface area contributed by atoms with Crippen molar-refractivity contribution in [2.24, 2.45) is 0 Å². The van der Waals surface area contributed by atoms with Gasteiger partial charge < -0.3 is 10.6 Å². The van der Waals surface area contributed by atoms with E-state index in [1.54, 1.807) is 0 Å². The first-order valence-electron chi connectivity index (χ1n) is 6.27. The molecule has 0 fully saturated rings. The van der Waals surface area contributed by atoms with Crippen molar-refractivity contribution in [3.05, 3.63) is 40.4 Å². The molecule has 0 unspecified atom stereocenters. The summed E-state index contributed by atoms with van der Waals surface area (Å²) in [6, 6.07) is 3.36. The fourth-order valence-electron chi connectivity index (χ4n) is 1.52. The van der Waals surface area contributed by atoms with Crippen molar-refractivity contribution in [2.45, 2.75) is 13.1 Å². The van der Waals surface area contributed by atoms with Gasteiger partial charge in [0.2, 0.25) is 11.8 Å². The van der Waals surface area contributed by atoms with E-state index in [1.165, 1.54) is 19.1 Å². The van der Waals surface area contributed by atoms with Crippen LogP contribution in [0.3, 0.4) is 0 Å². The molecule has 2 amide bonds. The van der Waals surface area contributed by atoms with Crippen LogP contribution < -0.4 is 10.6 Å². The fraction of sp³-hybridized carbons (Fsp3) is 0.286. The summed E-state index contributed by atoms with van der Waals surface area (Å²) in [6.07, 6.45) is -2.20. The maximum Gasteiger partial charge on any atom is 0.417 e. The predicted molar refractivity (Wildman–Crippen MR) is 77.2 cm³/mol. The summed E-state index contributed by atoms with van der Waals surface area (Å²) < 4.78 is 38.0. The lowest BCUT2D eigenvalue weighted by atomic mass is 10.1. The molecule has 0 aromatic heterocycles. The maximum absolute atomic E-state index is 12.7. The zero-order valence-electron chi connectivity index (χ0n) is 11.6. The van der Waals surface area contributed by atoms with Gasteiger partial charge in [0.1, 0.15) is 0 Å². The van der Waals surface area contributed by atoms with Crippen LogP contribution in [-0.2, 0) is 15.8 Å². The van der Waals surface area contributed by atoms with Crippen LogP contribution in [0.1, 0.15) is 18.1 Å². The van der Waals surface area contributed by atoms with E-state index in [4.69, 9.17) is 11.6 Å². The van der Waals surface area contributed by atoms with Crippen molar-refractivity contribution < 1.29 is 22.8 Å². The standard InChI is InChI=1S/C14H14ClF3N2O2/c1-9(21)19-6-7-20-13(22)5-3-10-2-4-12(15)11(8-10)14(16,17)18/h2-5,8H,6-7H2,1H3,(H,19,21)(H,20,22). The second-order valence-corrected chi connectivity index (χ2v) is 4.75. The number of benzene rings is 1. The average molecular weight is 335 g/mol. The second-order valence-electron chi connectivity index (χ2n) is 4.34. The van der Waals surface area contributed by atoms with E-state index in [-0.39, 0.29) is 24.6 Å². The summed E-state index contributed by atoms with van der Waals surface area (Å²) in [4.78, 5) is 22.0. The van der Waals surface area contributed by atoms with Crippen molar-refractivity contribution in [1.29, 1.82) is 0 Å². The number of nitrogens with one attached hydrogen (secondary N) is 2. The van der Waals surface area contributed by atoms with Crippen LogP contribution in [0.2, 0.25) is 5.02 Å². The van der Waals surface area contributed by atoms with Crippen LogP contribution in [0.15, 0.2) is 24.3 Å². The number of hydrogen-bond acceptors (Lipinski definition) is 2. The molecular weight excluding hydrogens is 321 g/mol. The van der Waals surface area contributed by atoms with Gasteiger partial charge in [-0.2, -0.15) is 13.2 Å². The molecule has 1 aromatic carbocycles. The first-order chi connectivity index (χ1) is 10.2. The van der Waals surface area contributed by atoms with Crippen molar-refractivity contribution in [3.8, 4) is 0 Å². The van der Waals surface area contributed by atoms with E-state index in [9.17, 15) is 22.8 Å². The molecule has 8 heteroatoms. The first-order valence-corrected chi connectivity index (χ1v) is 6.65. The Hall–Kier alpha value is -2.02. The number of alkyl halides is 3. The minimum absolute atomic E-state index is 0.203. The molecule has 22 heavy (non-hydrogen) atoms. The van der Waals surface area contributed by atoms with Crippen molar-refractivity contribution in [1.82, 2.24) is 10.6 Å². The third kappa shape index (κ3) is 6.17. The van der Waals surface area contributed by atoms with Crippen LogP contribution in [0, 0.1) is 0 Å². The third-order valence-electron chi connectivity index (χ3n) is 2.52. The normalized spacial score (nSPS) is 11.5. The van der Waals surface area contributed by atoms with Gasteiger partial charge in [-0.15, -0.1) is 0 Å². The topological polar surface area (TPSA) is 58.2 Å². The van der Waals surface area contributed by atoms with Gasteiger partial charge in [0.25, 0.3) is 0 Å². The van der Waals surface area contributed by atoms with Gasteiger partial charge in [0.15, 0.2) is 0 Å². The Morgan fingerprint density at radius 3 is 2.45 bits per heavy atom. The molecule has 0 saturated heterocycles. The molecule has 2 N–H and O–H groups in total. The van der Waals surface area contributed by atoms with E-state index in [1.807, 2.05) is 0 Å². The lowest BCUT2D eigenvalue weighted by Crippen LogP contribution is -2.32. The third-order valence-corrected chi connectivity index (χ3v) is 2.85. The number of halogens is 4. The molecule has 0 bridgehead atoms. The molecule has 1 aromatic rings. The fourth-order valence-corrected chi connectivity index (χ4v) is 1.74. The average Bonchev–Trinajstić information content (AvgIpc) is 2.41. The molecule has 0 radical (unpaired) electrons. The Labute approximate surface area is 130 Å². The van der Waals surface area contributed by atoms with Crippen LogP contribution in [0.4, 0.5) is 13.2 Å². The summed E-state index contributed by atoms with van der Waals surface area (Å²) in [6.45, 7) is 1.84. The Kier molecular flexibility index (Phi) is 6.42. The molecule has 0 saturated carbocycles. The van der Waals surface area contributed by atoms with Gasteiger partial charge in [0, 0.05) is 26.1 Å². The zero-order chi connectivity index (χ0) is 16.8. The smallest absolute Gasteiger partial charge is 0.355 e. The highest BCUT2D eigenvalue weighted by atomic mass is 35.5. The quantitative estimate of drug-likeness (QED) is 0.642. The molecule has 0 spiro atoms. The second kappa shape index (κ2) is 7.84. The molecule has 0 atom stereocenters. The Morgan fingerprint density at radius 1 is 1.23 bits per heavy atom. The van der Waals surface area contributed by atoms with Crippen molar-refractivity contribution in [2.75, 3.05) is 13.1 Å². The summed E-state index contributed by atoms with van der Waals surface area (Å²) in [5.41, 5.74) is -0.754. The number of amides is 2. The number of rotatable bonds is 5. The van der Waals surface area contributed by atoms with Gasteiger partial charge in [-0.1, -0.05) is 17.7 Å². The minimum Gasteiger partial charge on any atom is -0.355 e. The summed E-state index contributed by atoms with van der Waals surface area (Å²) in [7, 11) is 0. The molecule has 0 heterocycles. The van der Waals surface area contributed by atoms with Gasteiger partial charge in [0.05, 0.1) is 10.6 Å². The van der Waals surface area contributed by atoms with Crippen molar-refractivity contribution in [3.63, 3.8) is 0 Å². The van der Waals surface area contributed by atoms with E-state index < -0.39 is 22.7 Å². The van der Waals surface area contributed by atoms with Gasteiger partial charge in [-0.25, -0.2) is 0 Å². The van der Waals surface area contributed by atoms with Crippen LogP contribution in [0.5, 0.6) is 0 Å². The summed E-state index contributed by atoms with van der Waals surface area (Å²) >= 11 is 5.50. The van der Waals surface area contributed by atoms with Crippen LogP contribution >= 0.6 is 11.6 Å². The first kappa shape index (κ1) is 18.0. The Bertz CT molecular complexity index is 586. The van der Waals surface area contributed by atoms with E-state index in [0.29, 0.717) is 0 Å². The number of hydrogen-bond donors (Lipinski definition) is 2. The minimum atomic E-state index is -4.55. The summed E-state index contributed by atoms with van der Waals surface area (Å²) in [5, 5.41) is 4.56. The van der Waals surface area contributed by atoms with Crippen LogP contribution in [0.25, 0.3) is 6.08 Å². The molecule has 0 aliphatic heterocycles. The highest BCUT2D eigenvalue weighted by Gasteiger charge is 2.33. The van der Waals surface area contributed by atoms with E-state index in [0.717, 1.165) is 18.2 Å². The SMILES string of the molecule is CC(=O)NCCNC(=O)C=Cc1ccc(Cl)c(C(F)(F)F)c1. The summed E-state index contributed by atoms with van der Waals surface area (Å²) in [5.74, 6) is -0.695. The molecule has 4 nitrogen and oxygen atoms in total. The van der Waals surface area contributed by atoms with E-state index >= 15 is 0 Å². The highest BCUT2D eigenvalue weighted by molar-refractivity contribution is 6.31. The lowest BCUT2D eigenvalue weighted by Gasteiger charge is -2.09. The van der Waals surface area contributed by atoms with Crippen LogP contribution in [-0.4, -0.2) is 24.9 Å². The maximum atomic E-state index is 12.7. The Morgan fingerprint density at radius 2 is 1.86 bits per heavy atom. The van der Waals surface area contributed by atoms with Gasteiger partial charge in [-0.05, 0) is 23.8 Å². The number of carbonyl (C=O) groups is 2. The monoisotopic (exact) mass is 334 g/mol. The van der Waals surface area contributed by atoms with Crippen molar-refractivity contribution >= 4 is 29.5 Å². The van der Waals surface area contributed by atoms with Gasteiger partial charge in [-0.3, -0.25) is 9.59 Å². The largest absolute Gasteiger partial charge is 0.417 e. The molecule has 1 rings (SSSR count). The molecule has 0 aliphatic carbocycles. The lowest BCUT2D eigenvalue weighted by molar-refractivity contribution is -0.137. The number of carbonyl (C=O) groups excluding carboxylic acids is 2. The van der Waals surface area contributed by atoms with E-state index in [2.05, 4.69) is 10.6 Å². The molecule has 120 valence electrons. The molecular formula is C14H14ClF3N2O2. The Balaban J connectivity index is 2.63. The van der Waals surface area contributed by atoms with Gasteiger partial charge >= 0.3 is 6.18 Å². The predicted octanol–water partition coefficient (Wildman–Crippen LogP) is 2.62.